The van der Waals surface area contributed by atoms with Gasteiger partial charge in [-0.15, -0.1) is 0 Å². The highest BCUT2D eigenvalue weighted by molar-refractivity contribution is 6.03. The van der Waals surface area contributed by atoms with Gasteiger partial charge in [0.25, 0.3) is 0 Å². The molecule has 1 heterocycles. The number of aliphatic imine (C=N–C) groups is 1. The lowest BCUT2D eigenvalue weighted by molar-refractivity contribution is -0.137. The zero-order valence-electron chi connectivity index (χ0n) is 20.6. The van der Waals surface area contributed by atoms with Crippen molar-refractivity contribution in [1.82, 2.24) is 4.90 Å². The van der Waals surface area contributed by atoms with Crippen molar-refractivity contribution < 1.29 is 18.0 Å². The molecule has 2 aromatic rings. The largest absolute Gasteiger partial charge is 0.416 e. The Morgan fingerprint density at radius 2 is 1.86 bits per heavy atom. The first-order valence-corrected chi connectivity index (χ1v) is 11.7. The van der Waals surface area contributed by atoms with Crippen molar-refractivity contribution in [2.24, 2.45) is 10.9 Å². The molecule has 2 aromatic carbocycles. The van der Waals surface area contributed by atoms with Crippen molar-refractivity contribution >= 4 is 17.2 Å². The quantitative estimate of drug-likeness (QED) is 0.387. The molecule has 1 aliphatic heterocycles. The molecule has 0 spiro atoms. The minimum absolute atomic E-state index is 0.0902. The number of ketones is 1. The fourth-order valence-electron chi connectivity index (χ4n) is 3.82. The molecule has 0 fully saturated rings. The van der Waals surface area contributed by atoms with Crippen LogP contribution < -0.4 is 0 Å². The highest BCUT2D eigenvalue weighted by atomic mass is 19.4. The second-order valence-electron chi connectivity index (χ2n) is 8.96. The number of nitrogens with zero attached hydrogens (tertiary/aromatic N) is 2. The van der Waals surface area contributed by atoms with Crippen LogP contribution in [0.3, 0.4) is 0 Å². The van der Waals surface area contributed by atoms with Crippen molar-refractivity contribution in [2.45, 2.75) is 52.6 Å². The number of carbonyl (C=O) groups excluding carboxylic acids is 1. The monoisotopic (exact) mass is 480 g/mol. The summed E-state index contributed by atoms with van der Waals surface area (Å²) >= 11 is 0. The molecule has 0 saturated carbocycles. The molecule has 3 rings (SSSR count). The Kier molecular flexibility index (Phi) is 8.15. The van der Waals surface area contributed by atoms with Crippen molar-refractivity contribution in [2.75, 3.05) is 0 Å². The molecule has 0 amide bonds. The van der Waals surface area contributed by atoms with Gasteiger partial charge in [-0.05, 0) is 41.7 Å². The third kappa shape index (κ3) is 6.38. The summed E-state index contributed by atoms with van der Waals surface area (Å²) in [5.74, 6) is 0.135. The maximum absolute atomic E-state index is 13.2. The predicted octanol–water partition coefficient (Wildman–Crippen LogP) is 7.77. The second kappa shape index (κ2) is 10.9. The lowest BCUT2D eigenvalue weighted by atomic mass is 9.93. The van der Waals surface area contributed by atoms with Gasteiger partial charge in [-0.1, -0.05) is 76.2 Å². The Morgan fingerprint density at radius 3 is 2.51 bits per heavy atom. The SMILES string of the molecule is C=C1C(Cc2cccc(C(F)(F)F)c2)=NC=CN1C(=CC(C)CC)c1cccc(C(C)C(C)=O)c1. The van der Waals surface area contributed by atoms with Crippen molar-refractivity contribution in [3.05, 3.63) is 102 Å². The number of alkyl halides is 3. The second-order valence-corrected chi connectivity index (χ2v) is 8.96. The van der Waals surface area contributed by atoms with Gasteiger partial charge in [-0.25, -0.2) is 0 Å². The zero-order valence-corrected chi connectivity index (χ0v) is 20.6. The third-order valence-electron chi connectivity index (χ3n) is 6.33. The zero-order chi connectivity index (χ0) is 25.8. The highest BCUT2D eigenvalue weighted by Gasteiger charge is 2.30. The van der Waals surface area contributed by atoms with E-state index < -0.39 is 11.7 Å². The lowest BCUT2D eigenvalue weighted by Gasteiger charge is -2.30. The van der Waals surface area contributed by atoms with Crippen molar-refractivity contribution in [1.29, 1.82) is 0 Å². The Hall–Kier alpha value is -3.41. The van der Waals surface area contributed by atoms with Crippen LogP contribution in [0, 0.1) is 5.92 Å². The molecule has 0 N–H and O–H groups in total. The molecular formula is C29H31F3N2O. The summed E-state index contributed by atoms with van der Waals surface area (Å²) in [5.41, 5.74) is 3.78. The number of hydrogen-bond donors (Lipinski definition) is 0. The van der Waals surface area contributed by atoms with E-state index in [-0.39, 0.29) is 24.0 Å². The molecular weight excluding hydrogens is 449 g/mol. The fraction of sp³-hybridized carbons (Fsp3) is 0.310. The summed E-state index contributed by atoms with van der Waals surface area (Å²) in [5, 5.41) is 0. The predicted molar refractivity (Wildman–Crippen MR) is 136 cm³/mol. The molecule has 2 atom stereocenters. The van der Waals surface area contributed by atoms with E-state index in [1.54, 1.807) is 19.2 Å². The maximum Gasteiger partial charge on any atom is 0.416 e. The summed E-state index contributed by atoms with van der Waals surface area (Å²) in [6.07, 6.45) is 2.36. The molecule has 0 bridgehead atoms. The lowest BCUT2D eigenvalue weighted by Crippen LogP contribution is -2.25. The number of allylic oxidation sites excluding steroid dienone is 2. The van der Waals surface area contributed by atoms with Gasteiger partial charge in [0.2, 0.25) is 0 Å². The van der Waals surface area contributed by atoms with E-state index in [0.29, 0.717) is 17.0 Å². The van der Waals surface area contributed by atoms with Gasteiger partial charge in [-0.3, -0.25) is 9.79 Å². The van der Waals surface area contributed by atoms with Crippen molar-refractivity contribution in [3.8, 4) is 0 Å². The van der Waals surface area contributed by atoms with E-state index >= 15 is 0 Å². The molecule has 0 aromatic heterocycles. The van der Waals surface area contributed by atoms with Gasteiger partial charge in [0.15, 0.2) is 0 Å². The van der Waals surface area contributed by atoms with Gasteiger partial charge in [0.1, 0.15) is 5.78 Å². The molecule has 0 saturated heterocycles. The molecule has 35 heavy (non-hydrogen) atoms. The molecule has 0 aliphatic carbocycles. The summed E-state index contributed by atoms with van der Waals surface area (Å²) < 4.78 is 39.5. The molecule has 2 unspecified atom stereocenters. The average molecular weight is 481 g/mol. The minimum Gasteiger partial charge on any atom is -0.314 e. The molecule has 3 nitrogen and oxygen atoms in total. The van der Waals surface area contributed by atoms with E-state index in [1.165, 1.54) is 6.07 Å². The number of benzene rings is 2. The Bertz CT molecular complexity index is 1190. The topological polar surface area (TPSA) is 32.7 Å². The first-order valence-electron chi connectivity index (χ1n) is 11.7. The van der Waals surface area contributed by atoms with E-state index in [1.807, 2.05) is 42.3 Å². The number of hydrogen-bond acceptors (Lipinski definition) is 3. The molecule has 184 valence electrons. The third-order valence-corrected chi connectivity index (χ3v) is 6.33. The van der Waals surface area contributed by atoms with Gasteiger partial charge >= 0.3 is 6.18 Å². The molecule has 1 aliphatic rings. The van der Waals surface area contributed by atoms with Crippen LogP contribution in [0.1, 0.15) is 62.3 Å². The minimum atomic E-state index is -4.40. The van der Waals surface area contributed by atoms with Crippen LogP contribution in [0.15, 0.2) is 84.3 Å². The van der Waals surface area contributed by atoms with E-state index in [0.717, 1.165) is 35.4 Å². The standard InChI is InChI=1S/C29H31F3N2O/c1-6-19(2)15-28(25-11-8-10-24(18-25)20(3)22(5)35)34-14-13-33-27(21(34)4)17-23-9-7-12-26(16-23)29(30,31)32/h7-16,18-20H,4,6,17H2,1-3,5H3. The van der Waals surface area contributed by atoms with Gasteiger partial charge in [0, 0.05) is 30.4 Å². The van der Waals surface area contributed by atoms with Crippen LogP contribution in [-0.2, 0) is 17.4 Å². The van der Waals surface area contributed by atoms with E-state index in [4.69, 9.17) is 0 Å². The van der Waals surface area contributed by atoms with Crippen LogP contribution >= 0.6 is 0 Å². The van der Waals surface area contributed by atoms with Gasteiger partial charge < -0.3 is 4.90 Å². The van der Waals surface area contributed by atoms with Crippen LogP contribution in [0.25, 0.3) is 5.70 Å². The van der Waals surface area contributed by atoms with E-state index in [9.17, 15) is 18.0 Å². The number of carbonyl (C=O) groups is 1. The first kappa shape index (κ1) is 26.2. The van der Waals surface area contributed by atoms with Crippen LogP contribution in [0.2, 0.25) is 0 Å². The number of halogens is 3. The molecule has 0 radical (unpaired) electrons. The Balaban J connectivity index is 1.95. The van der Waals surface area contributed by atoms with Crippen LogP contribution in [-0.4, -0.2) is 16.4 Å². The number of Topliss-reactive ketones (excluding diaryl/α,β-unsaturated/α-hetero) is 1. The van der Waals surface area contributed by atoms with Crippen molar-refractivity contribution in [3.63, 3.8) is 0 Å². The molecule has 6 heteroatoms. The average Bonchev–Trinajstić information content (AvgIpc) is 2.83. The Morgan fingerprint density at radius 1 is 1.14 bits per heavy atom. The number of rotatable bonds is 8. The first-order chi connectivity index (χ1) is 16.5. The highest BCUT2D eigenvalue weighted by Crippen LogP contribution is 2.32. The summed E-state index contributed by atoms with van der Waals surface area (Å²) in [7, 11) is 0. The van der Waals surface area contributed by atoms with Crippen LogP contribution in [0.4, 0.5) is 13.2 Å². The van der Waals surface area contributed by atoms with Gasteiger partial charge in [-0.2, -0.15) is 13.2 Å². The summed E-state index contributed by atoms with van der Waals surface area (Å²) in [4.78, 5) is 18.3. The summed E-state index contributed by atoms with van der Waals surface area (Å²) in [6, 6.07) is 13.2. The fourth-order valence-corrected chi connectivity index (χ4v) is 3.82. The maximum atomic E-state index is 13.2. The summed E-state index contributed by atoms with van der Waals surface area (Å²) in [6.45, 7) is 11.9. The Labute approximate surface area is 205 Å². The van der Waals surface area contributed by atoms with Gasteiger partial charge in [0.05, 0.1) is 17.0 Å². The smallest absolute Gasteiger partial charge is 0.314 e. The normalized spacial score (nSPS) is 16.2. The van der Waals surface area contributed by atoms with E-state index in [2.05, 4.69) is 31.5 Å². The van der Waals surface area contributed by atoms with Crippen LogP contribution in [0.5, 0.6) is 0 Å².